The number of methoxy groups -OCH3 is 1. The molecule has 0 spiro atoms. The lowest BCUT2D eigenvalue weighted by atomic mass is 10.1. The number of esters is 1. The van der Waals surface area contributed by atoms with E-state index in [4.69, 9.17) is 9.47 Å². The molecule has 1 N–H and O–H groups in total. The van der Waals surface area contributed by atoms with Gasteiger partial charge in [0.1, 0.15) is 6.10 Å². The lowest BCUT2D eigenvalue weighted by molar-refractivity contribution is 0.0597. The van der Waals surface area contributed by atoms with Gasteiger partial charge in [-0.15, -0.1) is 0 Å². The first-order valence-electron chi connectivity index (χ1n) is 10.4. The van der Waals surface area contributed by atoms with E-state index in [1.807, 2.05) is 19.0 Å². The third-order valence-corrected chi connectivity index (χ3v) is 4.98. The number of amides is 1. The van der Waals surface area contributed by atoms with E-state index in [1.165, 1.54) is 17.7 Å². The molecule has 0 fully saturated rings. The summed E-state index contributed by atoms with van der Waals surface area (Å²) in [5.74, 6) is -0.731. The monoisotopic (exact) mass is 445 g/mol. The summed E-state index contributed by atoms with van der Waals surface area (Å²) in [5, 5.41) is 9.56. The van der Waals surface area contributed by atoms with Crippen LogP contribution in [0, 0.1) is 0 Å². The quantitative estimate of drug-likeness (QED) is 0.561. The largest absolute Gasteiger partial charge is 0.503 e. The molecule has 174 valence electrons. The molecular weight excluding hydrogens is 414 g/mol. The second kappa shape index (κ2) is 11.9. The number of aromatic nitrogens is 1. The number of likely N-dealkylation sites (N-methyl/N-ethyl adjacent to an activating group) is 1. The van der Waals surface area contributed by atoms with Gasteiger partial charge < -0.3 is 28.9 Å². The fourth-order valence-electron chi connectivity index (χ4n) is 3.05. The molecule has 0 aliphatic carbocycles. The second-order valence-corrected chi connectivity index (χ2v) is 7.68. The van der Waals surface area contributed by atoms with Crippen molar-refractivity contribution in [2.45, 2.75) is 26.0 Å². The summed E-state index contributed by atoms with van der Waals surface area (Å²) in [6.07, 6.45) is 1.16. The van der Waals surface area contributed by atoms with Crippen molar-refractivity contribution in [1.29, 1.82) is 0 Å². The smallest absolute Gasteiger partial charge is 0.410 e. The van der Waals surface area contributed by atoms with E-state index in [0.29, 0.717) is 38.2 Å². The fourth-order valence-corrected chi connectivity index (χ4v) is 3.05. The van der Waals surface area contributed by atoms with Crippen LogP contribution in [0.3, 0.4) is 0 Å². The van der Waals surface area contributed by atoms with Crippen LogP contribution in [0.2, 0.25) is 0 Å². The number of carbonyl (C=O) groups excluding carboxylic acids is 2. The normalized spacial score (nSPS) is 11.8. The third-order valence-electron chi connectivity index (χ3n) is 4.98. The number of carbonyl (C=O) groups is 2. The van der Waals surface area contributed by atoms with Gasteiger partial charge in [0.15, 0.2) is 5.75 Å². The molecule has 1 aromatic carbocycles. The molecule has 9 nitrogen and oxygen atoms in total. The second-order valence-electron chi connectivity index (χ2n) is 7.68. The zero-order valence-corrected chi connectivity index (χ0v) is 19.0. The summed E-state index contributed by atoms with van der Waals surface area (Å²) in [6.45, 7) is 3.64. The summed E-state index contributed by atoms with van der Waals surface area (Å²) in [4.78, 5) is 39.9. The van der Waals surface area contributed by atoms with Crippen LogP contribution in [-0.2, 0) is 16.0 Å². The molecule has 0 bridgehead atoms. The summed E-state index contributed by atoms with van der Waals surface area (Å²) in [5.41, 5.74) is 0.716. The van der Waals surface area contributed by atoms with E-state index in [0.717, 1.165) is 5.56 Å². The number of aryl methyl sites for hydroxylation is 1. The molecule has 0 aliphatic rings. The van der Waals surface area contributed by atoms with Crippen LogP contribution in [-0.4, -0.2) is 72.4 Å². The van der Waals surface area contributed by atoms with E-state index >= 15 is 0 Å². The average molecular weight is 446 g/mol. The number of ether oxygens (including phenoxy) is 2. The molecule has 32 heavy (non-hydrogen) atoms. The predicted molar refractivity (Wildman–Crippen MR) is 120 cm³/mol. The van der Waals surface area contributed by atoms with Crippen molar-refractivity contribution in [3.05, 3.63) is 64.1 Å². The Bertz CT molecular complexity index is 955. The number of aromatic hydroxyl groups is 1. The lowest BCUT2D eigenvalue weighted by Crippen LogP contribution is -2.38. The Morgan fingerprint density at radius 3 is 2.41 bits per heavy atom. The van der Waals surface area contributed by atoms with Gasteiger partial charge in [-0.1, -0.05) is 12.1 Å². The van der Waals surface area contributed by atoms with E-state index < -0.39 is 23.7 Å². The number of pyridine rings is 1. The van der Waals surface area contributed by atoms with E-state index in [-0.39, 0.29) is 5.75 Å². The maximum absolute atomic E-state index is 12.8. The molecule has 2 rings (SSSR count). The van der Waals surface area contributed by atoms with Gasteiger partial charge in [-0.05, 0) is 57.3 Å². The summed E-state index contributed by atoms with van der Waals surface area (Å²) in [6, 6.07) is 9.65. The Balaban J connectivity index is 2.00. The van der Waals surface area contributed by atoms with Gasteiger partial charge in [0, 0.05) is 32.4 Å². The molecule has 0 saturated carbocycles. The van der Waals surface area contributed by atoms with Crippen molar-refractivity contribution in [3.63, 3.8) is 0 Å². The molecule has 1 amide bonds. The van der Waals surface area contributed by atoms with Crippen molar-refractivity contribution >= 4 is 12.1 Å². The maximum Gasteiger partial charge on any atom is 0.410 e. The lowest BCUT2D eigenvalue weighted by Gasteiger charge is -2.26. The number of rotatable bonds is 10. The highest BCUT2D eigenvalue weighted by Gasteiger charge is 2.19. The number of nitrogens with zero attached hydrogens (tertiary/aromatic N) is 3. The molecule has 0 radical (unpaired) electrons. The topological polar surface area (TPSA) is 101 Å². The van der Waals surface area contributed by atoms with Crippen LogP contribution in [0.5, 0.6) is 5.75 Å². The Morgan fingerprint density at radius 2 is 1.78 bits per heavy atom. The minimum absolute atomic E-state index is 0.302. The molecule has 2 aromatic rings. The Hall–Kier alpha value is -3.33. The van der Waals surface area contributed by atoms with Gasteiger partial charge in [0.05, 0.1) is 12.7 Å². The van der Waals surface area contributed by atoms with Crippen molar-refractivity contribution in [2.24, 2.45) is 0 Å². The zero-order valence-electron chi connectivity index (χ0n) is 19.0. The zero-order chi connectivity index (χ0) is 23.7. The molecular formula is C23H31N3O6. The van der Waals surface area contributed by atoms with Crippen LogP contribution in [0.1, 0.15) is 35.4 Å². The van der Waals surface area contributed by atoms with Gasteiger partial charge in [0.2, 0.25) is 0 Å². The summed E-state index contributed by atoms with van der Waals surface area (Å²) in [7, 11) is 5.16. The number of benzene rings is 1. The number of hydrogen-bond acceptors (Lipinski definition) is 7. The van der Waals surface area contributed by atoms with Gasteiger partial charge in [-0.3, -0.25) is 4.79 Å². The molecule has 9 heteroatoms. The highest BCUT2D eigenvalue weighted by molar-refractivity contribution is 5.89. The average Bonchev–Trinajstić information content (AvgIpc) is 2.78. The van der Waals surface area contributed by atoms with E-state index in [1.54, 1.807) is 48.4 Å². The first-order chi connectivity index (χ1) is 15.2. The number of hydrogen-bond donors (Lipinski definition) is 1. The minimum Gasteiger partial charge on any atom is -0.503 e. The Labute approximate surface area is 187 Å². The van der Waals surface area contributed by atoms with Crippen molar-refractivity contribution in [1.82, 2.24) is 14.4 Å². The SMILES string of the molecule is COC(=O)c1ccc([C@H](C)OC(=O)N(CCCn2cccc(O)c2=O)CCN(C)C)cc1. The first kappa shape index (κ1) is 24.9. The van der Waals surface area contributed by atoms with E-state index in [2.05, 4.69) is 0 Å². The van der Waals surface area contributed by atoms with Gasteiger partial charge in [-0.25, -0.2) is 9.59 Å². The van der Waals surface area contributed by atoms with Crippen LogP contribution >= 0.6 is 0 Å². The van der Waals surface area contributed by atoms with E-state index in [9.17, 15) is 19.5 Å². The van der Waals surface area contributed by atoms with Crippen LogP contribution in [0.15, 0.2) is 47.4 Å². The van der Waals surface area contributed by atoms with Gasteiger partial charge >= 0.3 is 12.1 Å². The maximum atomic E-state index is 12.8. The summed E-state index contributed by atoms with van der Waals surface area (Å²) < 4.78 is 11.8. The van der Waals surface area contributed by atoms with Gasteiger partial charge in [0.25, 0.3) is 5.56 Å². The molecule has 1 aromatic heterocycles. The van der Waals surface area contributed by atoms with Crippen molar-refractivity contribution < 1.29 is 24.2 Å². The van der Waals surface area contributed by atoms with Gasteiger partial charge in [-0.2, -0.15) is 0 Å². The summed E-state index contributed by atoms with van der Waals surface area (Å²) >= 11 is 0. The minimum atomic E-state index is -0.509. The molecule has 1 heterocycles. The highest BCUT2D eigenvalue weighted by Crippen LogP contribution is 2.19. The van der Waals surface area contributed by atoms with Crippen molar-refractivity contribution in [2.75, 3.05) is 40.8 Å². The molecule has 0 saturated heterocycles. The first-order valence-corrected chi connectivity index (χ1v) is 10.4. The van der Waals surface area contributed by atoms with Crippen molar-refractivity contribution in [3.8, 4) is 5.75 Å². The third kappa shape index (κ3) is 7.12. The van der Waals surface area contributed by atoms with Crippen LogP contribution in [0.4, 0.5) is 4.79 Å². The fraction of sp³-hybridized carbons (Fsp3) is 0.435. The Kier molecular flexibility index (Phi) is 9.27. The molecule has 1 atom stereocenters. The highest BCUT2D eigenvalue weighted by atomic mass is 16.6. The Morgan fingerprint density at radius 1 is 1.09 bits per heavy atom. The molecule has 0 aliphatic heterocycles. The van der Waals surface area contributed by atoms with Crippen LogP contribution < -0.4 is 5.56 Å². The van der Waals surface area contributed by atoms with Crippen LogP contribution in [0.25, 0.3) is 0 Å². The standard InChI is InChI=1S/C23H31N3O6/c1-17(18-8-10-19(11-9-18)22(29)31-4)32-23(30)26(16-15-24(2)3)14-6-13-25-12-5-7-20(27)21(25)28/h5,7-12,17,27H,6,13-16H2,1-4H3/t17-/m0/s1. The predicted octanol–water partition coefficient (Wildman–Crippen LogP) is 2.49. The molecule has 0 unspecified atom stereocenters.